The molecule has 1 heterocycles. The number of carbonyl (C=O) groups excluding carboxylic acids is 5. The van der Waals surface area contributed by atoms with Crippen LogP contribution in [0.2, 0.25) is 0 Å². The zero-order valence-electron chi connectivity index (χ0n) is 23.2. The van der Waals surface area contributed by atoms with Crippen molar-refractivity contribution in [1.29, 1.82) is 0 Å². The summed E-state index contributed by atoms with van der Waals surface area (Å²) >= 11 is 0. The normalized spacial score (nSPS) is 34.7. The lowest BCUT2D eigenvalue weighted by Gasteiger charge is -2.57. The van der Waals surface area contributed by atoms with Crippen molar-refractivity contribution in [1.82, 2.24) is 10.3 Å². The number of ketones is 3. The van der Waals surface area contributed by atoms with Gasteiger partial charge in [-0.1, -0.05) is 25.5 Å². The largest absolute Gasteiger partial charge is 0.458 e. The predicted octanol–water partition coefficient (Wildman–Crippen LogP) is 3.03. The molecule has 1 aromatic heterocycles. The summed E-state index contributed by atoms with van der Waals surface area (Å²) in [5, 5.41) is 14.5. The minimum Gasteiger partial charge on any atom is -0.458 e. The van der Waals surface area contributed by atoms with Gasteiger partial charge in [0.2, 0.25) is 11.7 Å². The average molecular weight is 551 g/mol. The SMILES string of the molecule is C[C@]12CCC(=O)C=C1CC[C@@H]1[C@H]2C(=O)C[C@@]2(C)[C@@H]1CC[C@]2(O)C(=O)COC(=O)CCC(=O)NCc1cccnc1. The molecule has 1 aromatic rings. The van der Waals surface area contributed by atoms with E-state index >= 15 is 0 Å². The van der Waals surface area contributed by atoms with Crippen molar-refractivity contribution in [2.75, 3.05) is 6.61 Å². The fourth-order valence-electron chi connectivity index (χ4n) is 8.19. The maximum atomic E-state index is 13.7. The van der Waals surface area contributed by atoms with Crippen LogP contribution >= 0.6 is 0 Å². The molecule has 5 rings (SSSR count). The molecule has 2 N–H and O–H groups in total. The molecular formula is C31H38N2O7. The first-order valence-electron chi connectivity index (χ1n) is 14.3. The maximum Gasteiger partial charge on any atom is 0.306 e. The van der Waals surface area contributed by atoms with Crippen molar-refractivity contribution in [3.63, 3.8) is 0 Å². The minimum absolute atomic E-state index is 0.0145. The Bertz CT molecular complexity index is 1260. The van der Waals surface area contributed by atoms with E-state index in [0.29, 0.717) is 25.8 Å². The van der Waals surface area contributed by atoms with Gasteiger partial charge in [-0.15, -0.1) is 0 Å². The Balaban J connectivity index is 1.18. The number of rotatable bonds is 8. The lowest BCUT2D eigenvalue weighted by Crippen LogP contribution is -2.61. The van der Waals surface area contributed by atoms with Crippen LogP contribution in [0.5, 0.6) is 0 Å². The lowest BCUT2D eigenvalue weighted by atomic mass is 9.46. The lowest BCUT2D eigenvalue weighted by molar-refractivity contribution is -0.173. The van der Waals surface area contributed by atoms with Crippen molar-refractivity contribution in [3.8, 4) is 0 Å². The van der Waals surface area contributed by atoms with Gasteiger partial charge in [0, 0.05) is 49.5 Å². The Labute approximate surface area is 234 Å². The summed E-state index contributed by atoms with van der Waals surface area (Å²) in [6.45, 7) is 3.64. The smallest absolute Gasteiger partial charge is 0.306 e. The Morgan fingerprint density at radius 3 is 2.67 bits per heavy atom. The monoisotopic (exact) mass is 550 g/mol. The van der Waals surface area contributed by atoms with E-state index in [1.807, 2.05) is 13.0 Å². The average Bonchev–Trinajstić information content (AvgIpc) is 3.20. The fourth-order valence-corrected chi connectivity index (χ4v) is 8.19. The van der Waals surface area contributed by atoms with Gasteiger partial charge in [0.1, 0.15) is 11.4 Å². The number of aromatic nitrogens is 1. The van der Waals surface area contributed by atoms with Gasteiger partial charge in [-0.25, -0.2) is 0 Å². The molecule has 0 aromatic carbocycles. The number of hydrogen-bond acceptors (Lipinski definition) is 8. The zero-order chi connectivity index (χ0) is 28.7. The Hall–Kier alpha value is -3.20. The molecule has 0 saturated heterocycles. The van der Waals surface area contributed by atoms with Crippen LogP contribution in [0, 0.1) is 28.6 Å². The summed E-state index contributed by atoms with van der Waals surface area (Å²) in [5.41, 5.74) is -1.15. The van der Waals surface area contributed by atoms with Crippen LogP contribution in [0.15, 0.2) is 36.2 Å². The van der Waals surface area contributed by atoms with Crippen molar-refractivity contribution < 1.29 is 33.8 Å². The zero-order valence-corrected chi connectivity index (χ0v) is 23.2. The number of hydrogen-bond donors (Lipinski definition) is 2. The van der Waals surface area contributed by atoms with E-state index in [1.54, 1.807) is 24.5 Å². The summed E-state index contributed by atoms with van der Waals surface area (Å²) in [6.07, 6.45) is 8.28. The van der Waals surface area contributed by atoms with Gasteiger partial charge < -0.3 is 15.2 Å². The van der Waals surface area contributed by atoms with Crippen LogP contribution in [-0.4, -0.2) is 51.5 Å². The number of amides is 1. The van der Waals surface area contributed by atoms with Crippen molar-refractivity contribution in [2.24, 2.45) is 28.6 Å². The number of nitrogens with zero attached hydrogens (tertiary/aromatic N) is 1. The molecule has 3 fully saturated rings. The van der Waals surface area contributed by atoms with E-state index in [9.17, 15) is 29.1 Å². The molecule has 3 saturated carbocycles. The van der Waals surface area contributed by atoms with Crippen LogP contribution < -0.4 is 5.32 Å². The van der Waals surface area contributed by atoms with Gasteiger partial charge in [0.25, 0.3) is 0 Å². The third-order valence-corrected chi connectivity index (χ3v) is 10.4. The number of Topliss-reactive ketones (excluding diaryl/α,β-unsaturated/α-hetero) is 2. The predicted molar refractivity (Wildman–Crippen MR) is 143 cm³/mol. The standard InChI is InChI=1S/C31H38N2O7/c1-29-11-9-21(34)14-20(29)5-6-22-23-10-12-31(39,30(23,2)15-24(35)28(22)29)25(36)18-40-27(38)8-7-26(37)33-17-19-4-3-13-32-16-19/h3-4,13-14,16,22-23,28,39H,5-12,15,17-18H2,1-2H3,(H,33,37)/t22-,23+,28-,29-,30-,31-/m0/s1. The molecule has 0 spiro atoms. The quantitative estimate of drug-likeness (QED) is 0.471. The van der Waals surface area contributed by atoms with Gasteiger partial charge >= 0.3 is 5.97 Å². The van der Waals surface area contributed by atoms with Crippen LogP contribution in [-0.2, 0) is 35.3 Å². The molecule has 0 aliphatic heterocycles. The third-order valence-electron chi connectivity index (χ3n) is 10.4. The molecule has 4 aliphatic carbocycles. The second-order valence-electron chi connectivity index (χ2n) is 12.5. The van der Waals surface area contributed by atoms with Gasteiger partial charge in [0.05, 0.1) is 6.42 Å². The van der Waals surface area contributed by atoms with E-state index in [4.69, 9.17) is 4.74 Å². The van der Waals surface area contributed by atoms with Crippen LogP contribution in [0.25, 0.3) is 0 Å². The highest BCUT2D eigenvalue weighted by atomic mass is 16.5. The molecule has 6 atom stereocenters. The second kappa shape index (κ2) is 10.7. The summed E-state index contributed by atoms with van der Waals surface area (Å²) in [7, 11) is 0. The summed E-state index contributed by atoms with van der Waals surface area (Å²) in [4.78, 5) is 67.5. The number of ether oxygens (including phenoxy) is 1. The number of pyridine rings is 1. The topological polar surface area (TPSA) is 140 Å². The maximum absolute atomic E-state index is 13.7. The van der Waals surface area contributed by atoms with Gasteiger partial charge in [-0.3, -0.25) is 29.0 Å². The van der Waals surface area contributed by atoms with Crippen molar-refractivity contribution in [3.05, 3.63) is 41.7 Å². The Morgan fingerprint density at radius 1 is 1.12 bits per heavy atom. The highest BCUT2D eigenvalue weighted by Crippen LogP contribution is 2.66. The van der Waals surface area contributed by atoms with Crippen LogP contribution in [0.4, 0.5) is 0 Å². The van der Waals surface area contributed by atoms with Crippen LogP contribution in [0.1, 0.15) is 77.2 Å². The number of fused-ring (bicyclic) bond motifs is 5. The molecule has 0 radical (unpaired) electrons. The van der Waals surface area contributed by atoms with Gasteiger partial charge in [0.15, 0.2) is 12.4 Å². The first kappa shape index (κ1) is 28.3. The van der Waals surface area contributed by atoms with E-state index in [2.05, 4.69) is 17.2 Å². The summed E-state index contributed by atoms with van der Waals surface area (Å²) in [5.74, 6) is -1.63. The molecule has 214 valence electrons. The van der Waals surface area contributed by atoms with E-state index in [1.165, 1.54) is 0 Å². The van der Waals surface area contributed by atoms with E-state index < -0.39 is 29.4 Å². The summed E-state index contributed by atoms with van der Waals surface area (Å²) < 4.78 is 5.19. The van der Waals surface area contributed by atoms with Gasteiger partial charge in [-0.2, -0.15) is 0 Å². The molecule has 1 amide bonds. The first-order chi connectivity index (χ1) is 19.0. The first-order valence-corrected chi connectivity index (χ1v) is 14.3. The fraction of sp³-hybridized carbons (Fsp3) is 0.613. The van der Waals surface area contributed by atoms with Crippen molar-refractivity contribution >= 4 is 29.2 Å². The number of aliphatic hydroxyl groups is 1. The molecule has 4 aliphatic rings. The number of carbonyl (C=O) groups is 5. The summed E-state index contributed by atoms with van der Waals surface area (Å²) in [6, 6.07) is 3.59. The van der Waals surface area contributed by atoms with E-state index in [0.717, 1.165) is 24.0 Å². The molecule has 0 unspecified atom stereocenters. The molecule has 0 bridgehead atoms. The molecule has 9 nitrogen and oxygen atoms in total. The van der Waals surface area contributed by atoms with Crippen molar-refractivity contribution in [2.45, 2.75) is 83.8 Å². The van der Waals surface area contributed by atoms with Crippen LogP contribution in [0.3, 0.4) is 0 Å². The highest BCUT2D eigenvalue weighted by molar-refractivity contribution is 5.95. The number of allylic oxidation sites excluding steroid dienone is 1. The molecule has 40 heavy (non-hydrogen) atoms. The van der Waals surface area contributed by atoms with Gasteiger partial charge in [-0.05, 0) is 67.1 Å². The number of nitrogens with one attached hydrogen (secondary N) is 1. The van der Waals surface area contributed by atoms with E-state index in [-0.39, 0.29) is 66.3 Å². The second-order valence-corrected chi connectivity index (χ2v) is 12.5. The minimum atomic E-state index is -1.76. The highest BCUT2D eigenvalue weighted by Gasteiger charge is 2.68. The molecular weight excluding hydrogens is 512 g/mol. The Kier molecular flexibility index (Phi) is 7.54. The molecule has 9 heteroatoms. The Morgan fingerprint density at radius 2 is 1.93 bits per heavy atom. The third kappa shape index (κ3) is 4.82. The number of esters is 1.